The van der Waals surface area contributed by atoms with Crippen molar-refractivity contribution in [3.63, 3.8) is 0 Å². The molecule has 0 atom stereocenters. The second-order valence-electron chi connectivity index (χ2n) is 6.83. The molecule has 3 aromatic rings. The quantitative estimate of drug-likeness (QED) is 0.475. The van der Waals surface area contributed by atoms with Crippen LogP contribution in [0.25, 0.3) is 10.9 Å². The van der Waals surface area contributed by atoms with E-state index in [2.05, 4.69) is 22.4 Å². The van der Waals surface area contributed by atoms with E-state index in [1.165, 1.54) is 0 Å². The number of ether oxygens (including phenoxy) is 1. The molecule has 0 bridgehead atoms. The van der Waals surface area contributed by atoms with Gasteiger partial charge in [0, 0.05) is 23.9 Å². The van der Waals surface area contributed by atoms with Crippen LogP contribution >= 0.6 is 0 Å². The zero-order chi connectivity index (χ0) is 20.1. The number of carbonyl (C=O) groups is 1. The molecular weight excluding hydrogens is 350 g/mol. The van der Waals surface area contributed by atoms with Crippen LogP contribution in [-0.2, 0) is 0 Å². The molecule has 0 amide bonds. The van der Waals surface area contributed by atoms with Crippen molar-refractivity contribution in [2.24, 2.45) is 0 Å². The van der Waals surface area contributed by atoms with Gasteiger partial charge in [-0.25, -0.2) is 4.98 Å². The number of aromatic nitrogens is 1. The smallest absolute Gasteiger partial charge is 0.162 e. The van der Waals surface area contributed by atoms with E-state index in [4.69, 9.17) is 4.74 Å². The highest BCUT2D eigenvalue weighted by Crippen LogP contribution is 2.24. The molecule has 0 aliphatic heterocycles. The fraction of sp³-hybridized carbons (Fsp3) is 0.261. The molecule has 3 rings (SSSR count). The maximum Gasteiger partial charge on any atom is 0.162 e. The molecule has 1 heterocycles. The number of nitrogens with one attached hydrogen (secondary N) is 1. The van der Waals surface area contributed by atoms with Gasteiger partial charge in [-0.05, 0) is 67.8 Å². The van der Waals surface area contributed by atoms with E-state index in [0.717, 1.165) is 27.8 Å². The van der Waals surface area contributed by atoms with Gasteiger partial charge in [-0.1, -0.05) is 6.07 Å². The number of anilines is 1. The molecule has 1 aromatic heterocycles. The van der Waals surface area contributed by atoms with Crippen molar-refractivity contribution in [2.75, 3.05) is 19.0 Å². The lowest BCUT2D eigenvalue weighted by atomic mass is 10.0. The van der Waals surface area contributed by atoms with Gasteiger partial charge in [0.2, 0.25) is 0 Å². The molecule has 0 spiro atoms. The summed E-state index contributed by atoms with van der Waals surface area (Å²) in [5.41, 5.74) is 4.30. The third-order valence-corrected chi connectivity index (χ3v) is 4.69. The second kappa shape index (κ2) is 8.53. The van der Waals surface area contributed by atoms with Crippen LogP contribution in [0.15, 0.2) is 42.5 Å². The Morgan fingerprint density at radius 3 is 2.61 bits per heavy atom. The number of aryl methyl sites for hydroxylation is 2. The monoisotopic (exact) mass is 373 g/mol. The summed E-state index contributed by atoms with van der Waals surface area (Å²) in [4.78, 5) is 16.9. The molecule has 0 aliphatic rings. The number of carbonyl (C=O) groups excluding carboxylic acids is 1. The van der Waals surface area contributed by atoms with Crippen molar-refractivity contribution < 1.29 is 9.53 Å². The Kier molecular flexibility index (Phi) is 5.90. The first kappa shape index (κ1) is 19.4. The van der Waals surface area contributed by atoms with E-state index < -0.39 is 0 Å². The van der Waals surface area contributed by atoms with Crippen LogP contribution in [0.5, 0.6) is 5.75 Å². The SMILES string of the molecule is COc1ccc(C(=O)CCCNc2nc3cc(C)cc(C)c3cc2C#N)cc1. The van der Waals surface area contributed by atoms with Gasteiger partial charge in [0.1, 0.15) is 17.6 Å². The van der Waals surface area contributed by atoms with Crippen LogP contribution in [0.3, 0.4) is 0 Å². The van der Waals surface area contributed by atoms with Gasteiger partial charge in [0.15, 0.2) is 5.78 Å². The van der Waals surface area contributed by atoms with Gasteiger partial charge in [0.05, 0.1) is 18.2 Å². The van der Waals surface area contributed by atoms with Crippen molar-refractivity contribution >= 4 is 22.5 Å². The third kappa shape index (κ3) is 4.29. The zero-order valence-corrected chi connectivity index (χ0v) is 16.4. The Morgan fingerprint density at radius 1 is 1.18 bits per heavy atom. The largest absolute Gasteiger partial charge is 0.497 e. The predicted octanol–water partition coefficient (Wildman–Crippen LogP) is 4.81. The van der Waals surface area contributed by atoms with E-state index in [1.54, 1.807) is 31.4 Å². The van der Waals surface area contributed by atoms with Gasteiger partial charge in [-0.2, -0.15) is 5.26 Å². The number of benzene rings is 2. The van der Waals surface area contributed by atoms with Crippen molar-refractivity contribution in [1.82, 2.24) is 4.98 Å². The van der Waals surface area contributed by atoms with Gasteiger partial charge in [-0.15, -0.1) is 0 Å². The molecule has 0 saturated heterocycles. The minimum atomic E-state index is 0.0858. The Morgan fingerprint density at radius 2 is 1.93 bits per heavy atom. The summed E-state index contributed by atoms with van der Waals surface area (Å²) < 4.78 is 5.11. The minimum Gasteiger partial charge on any atom is -0.497 e. The number of methoxy groups -OCH3 is 1. The van der Waals surface area contributed by atoms with E-state index in [1.807, 2.05) is 26.0 Å². The van der Waals surface area contributed by atoms with Crippen LogP contribution < -0.4 is 10.1 Å². The van der Waals surface area contributed by atoms with Crippen molar-refractivity contribution in [1.29, 1.82) is 5.26 Å². The Bertz CT molecular complexity index is 1050. The molecule has 0 radical (unpaired) electrons. The number of rotatable bonds is 7. The number of nitriles is 1. The number of ketones is 1. The van der Waals surface area contributed by atoms with Gasteiger partial charge >= 0.3 is 0 Å². The third-order valence-electron chi connectivity index (χ3n) is 4.69. The number of hydrogen-bond acceptors (Lipinski definition) is 5. The highest BCUT2D eigenvalue weighted by Gasteiger charge is 2.10. The summed E-state index contributed by atoms with van der Waals surface area (Å²) in [6.45, 7) is 4.63. The van der Waals surface area contributed by atoms with E-state index in [9.17, 15) is 10.1 Å². The predicted molar refractivity (Wildman–Crippen MR) is 111 cm³/mol. The lowest BCUT2D eigenvalue weighted by molar-refractivity contribution is 0.0981. The van der Waals surface area contributed by atoms with Crippen molar-refractivity contribution in [3.05, 3.63) is 64.7 Å². The summed E-state index contributed by atoms with van der Waals surface area (Å²) in [7, 11) is 1.60. The first-order valence-electron chi connectivity index (χ1n) is 9.25. The molecule has 0 fully saturated rings. The molecule has 5 heteroatoms. The normalized spacial score (nSPS) is 10.5. The number of Topliss-reactive ketones (excluding diaryl/α,β-unsaturated/α-hetero) is 1. The first-order valence-corrected chi connectivity index (χ1v) is 9.25. The van der Waals surface area contributed by atoms with Gasteiger partial charge in [-0.3, -0.25) is 4.79 Å². The molecular formula is C23H23N3O2. The number of pyridine rings is 1. The second-order valence-corrected chi connectivity index (χ2v) is 6.83. The van der Waals surface area contributed by atoms with Crippen LogP contribution in [0.2, 0.25) is 0 Å². The lowest BCUT2D eigenvalue weighted by Gasteiger charge is -2.11. The molecule has 0 aliphatic carbocycles. The Hall–Kier alpha value is -3.39. The lowest BCUT2D eigenvalue weighted by Crippen LogP contribution is -2.08. The zero-order valence-electron chi connectivity index (χ0n) is 16.4. The van der Waals surface area contributed by atoms with Crippen LogP contribution in [-0.4, -0.2) is 24.4 Å². The van der Waals surface area contributed by atoms with Crippen molar-refractivity contribution in [2.45, 2.75) is 26.7 Å². The minimum absolute atomic E-state index is 0.0858. The molecule has 0 saturated carbocycles. The number of hydrogen-bond donors (Lipinski definition) is 1. The van der Waals surface area contributed by atoms with Crippen LogP contribution in [0.4, 0.5) is 5.82 Å². The Balaban J connectivity index is 1.64. The highest BCUT2D eigenvalue weighted by atomic mass is 16.5. The fourth-order valence-electron chi connectivity index (χ4n) is 3.23. The maximum absolute atomic E-state index is 12.3. The Labute approximate surface area is 165 Å². The van der Waals surface area contributed by atoms with E-state index in [-0.39, 0.29) is 5.78 Å². The molecule has 5 nitrogen and oxygen atoms in total. The summed E-state index contributed by atoms with van der Waals surface area (Å²) in [6.07, 6.45) is 1.08. The molecule has 0 unspecified atom stereocenters. The maximum atomic E-state index is 12.3. The van der Waals surface area contributed by atoms with Crippen LogP contribution in [0.1, 0.15) is 39.9 Å². The highest BCUT2D eigenvalue weighted by molar-refractivity contribution is 5.96. The molecule has 28 heavy (non-hydrogen) atoms. The van der Waals surface area contributed by atoms with Gasteiger partial charge in [0.25, 0.3) is 0 Å². The molecule has 142 valence electrons. The average molecular weight is 373 g/mol. The summed E-state index contributed by atoms with van der Waals surface area (Å²) in [5.74, 6) is 1.38. The van der Waals surface area contributed by atoms with E-state index >= 15 is 0 Å². The first-order chi connectivity index (χ1) is 13.5. The van der Waals surface area contributed by atoms with Crippen molar-refractivity contribution in [3.8, 4) is 11.8 Å². The number of fused-ring (bicyclic) bond motifs is 1. The van der Waals surface area contributed by atoms with Gasteiger partial charge < -0.3 is 10.1 Å². The summed E-state index contributed by atoms with van der Waals surface area (Å²) in [5, 5.41) is 13.7. The number of nitrogens with zero attached hydrogens (tertiary/aromatic N) is 2. The summed E-state index contributed by atoms with van der Waals surface area (Å²) >= 11 is 0. The average Bonchev–Trinajstić information content (AvgIpc) is 2.70. The van der Waals surface area contributed by atoms with E-state index in [0.29, 0.717) is 36.3 Å². The van der Waals surface area contributed by atoms with Crippen LogP contribution in [0, 0.1) is 25.2 Å². The summed E-state index contributed by atoms with van der Waals surface area (Å²) in [6, 6.07) is 15.3. The molecule has 1 N–H and O–H groups in total. The molecule has 2 aromatic carbocycles. The standard InChI is InChI=1S/C23H23N3O2/c1-15-11-16(2)20-13-18(14-24)23(26-21(20)12-15)25-10-4-5-22(27)17-6-8-19(28-3)9-7-17/h6-9,11-13H,4-5,10H2,1-3H3,(H,25,26). The topological polar surface area (TPSA) is 75.0 Å². The fourth-order valence-corrected chi connectivity index (χ4v) is 3.23.